The van der Waals surface area contributed by atoms with Crippen LogP contribution in [0.25, 0.3) is 0 Å². The predicted octanol–water partition coefficient (Wildman–Crippen LogP) is 0.968. The highest BCUT2D eigenvalue weighted by molar-refractivity contribution is 14.0. The fourth-order valence-corrected chi connectivity index (χ4v) is 4.74. The van der Waals surface area contributed by atoms with Crippen molar-refractivity contribution in [2.24, 2.45) is 4.99 Å². The van der Waals surface area contributed by atoms with Crippen molar-refractivity contribution < 1.29 is 17.9 Å². The van der Waals surface area contributed by atoms with Crippen LogP contribution in [0, 0.1) is 0 Å². The van der Waals surface area contributed by atoms with Crippen molar-refractivity contribution in [1.29, 1.82) is 0 Å². The van der Waals surface area contributed by atoms with E-state index in [0.29, 0.717) is 18.6 Å². The maximum Gasteiger partial charge on any atom is 0.213 e. The second-order valence-electron chi connectivity index (χ2n) is 7.28. The van der Waals surface area contributed by atoms with Crippen LogP contribution in [0.15, 0.2) is 4.99 Å². The molecule has 10 heteroatoms. The molecule has 158 valence electrons. The minimum Gasteiger partial charge on any atom is -0.377 e. The summed E-state index contributed by atoms with van der Waals surface area (Å²) in [4.78, 5) is 4.43. The van der Waals surface area contributed by atoms with E-state index < -0.39 is 10.0 Å². The minimum atomic E-state index is -3.34. The average molecular weight is 516 g/mol. The van der Waals surface area contributed by atoms with E-state index in [9.17, 15) is 8.42 Å². The van der Waals surface area contributed by atoms with Crippen LogP contribution in [-0.4, -0.2) is 70.7 Å². The molecule has 3 rings (SSSR count). The maximum atomic E-state index is 12.2. The number of nitrogens with one attached hydrogen (secondary N) is 3. The molecule has 0 aliphatic carbocycles. The molecular formula is C17H33IN4O4S. The van der Waals surface area contributed by atoms with Gasteiger partial charge in [-0.3, -0.25) is 4.99 Å². The number of hydrogen-bond donors (Lipinski definition) is 3. The first-order valence-corrected chi connectivity index (χ1v) is 11.5. The van der Waals surface area contributed by atoms with E-state index in [1.54, 1.807) is 0 Å². The lowest BCUT2D eigenvalue weighted by molar-refractivity contribution is 0.0200. The van der Waals surface area contributed by atoms with Gasteiger partial charge in [-0.1, -0.05) is 0 Å². The molecular weight excluding hydrogens is 483 g/mol. The van der Waals surface area contributed by atoms with Crippen LogP contribution in [0.2, 0.25) is 0 Å². The maximum absolute atomic E-state index is 12.2. The van der Waals surface area contributed by atoms with Gasteiger partial charge in [-0.25, -0.2) is 13.1 Å². The summed E-state index contributed by atoms with van der Waals surface area (Å²) in [5.41, 5.74) is 0. The Morgan fingerprint density at radius 3 is 2.70 bits per heavy atom. The summed E-state index contributed by atoms with van der Waals surface area (Å²) in [6.07, 6.45) is 6.92. The van der Waals surface area contributed by atoms with E-state index >= 15 is 0 Å². The van der Waals surface area contributed by atoms with Gasteiger partial charge < -0.3 is 20.1 Å². The zero-order chi connectivity index (χ0) is 18.4. The first-order valence-electron chi connectivity index (χ1n) is 9.85. The second-order valence-corrected chi connectivity index (χ2v) is 9.20. The summed E-state index contributed by atoms with van der Waals surface area (Å²) in [5.74, 6) is 0.642. The van der Waals surface area contributed by atoms with Gasteiger partial charge in [0.25, 0.3) is 0 Å². The molecule has 3 fully saturated rings. The van der Waals surface area contributed by atoms with Crippen molar-refractivity contribution in [1.82, 2.24) is 15.4 Å². The Balaban J connectivity index is 0.00000261. The summed E-state index contributed by atoms with van der Waals surface area (Å²) in [6.45, 7) is 4.03. The summed E-state index contributed by atoms with van der Waals surface area (Å²) in [7, 11) is -3.34. The number of aliphatic imine (C=N–C) groups is 1. The zero-order valence-electron chi connectivity index (χ0n) is 16.0. The van der Waals surface area contributed by atoms with E-state index in [2.05, 4.69) is 20.3 Å². The SMILES string of the molecule is CCNC(=NCCS(=O)(=O)NCC1CCCCO1)NC1CC2CCC1O2.I. The minimum absolute atomic E-state index is 0. The van der Waals surface area contributed by atoms with Crippen LogP contribution in [0.5, 0.6) is 0 Å². The summed E-state index contributed by atoms with van der Waals surface area (Å²) in [6, 6.07) is 0.268. The molecule has 0 aromatic carbocycles. The predicted molar refractivity (Wildman–Crippen MR) is 116 cm³/mol. The van der Waals surface area contributed by atoms with Crippen molar-refractivity contribution in [2.45, 2.75) is 69.8 Å². The largest absolute Gasteiger partial charge is 0.377 e. The standard InChI is InChI=1S/C17H32N4O4S.HI/c1-2-18-17(21-15-11-13-6-7-16(15)25-13)19-8-10-26(22,23)20-12-14-5-3-4-9-24-14;/h13-16,20H,2-12H2,1H3,(H2,18,19,21);1H. The summed E-state index contributed by atoms with van der Waals surface area (Å²) < 4.78 is 38.4. The second kappa shape index (κ2) is 11.1. The molecule has 3 aliphatic rings. The zero-order valence-corrected chi connectivity index (χ0v) is 19.1. The van der Waals surface area contributed by atoms with Gasteiger partial charge in [0, 0.05) is 19.7 Å². The van der Waals surface area contributed by atoms with Gasteiger partial charge in [-0.15, -0.1) is 24.0 Å². The Kier molecular flexibility index (Phi) is 9.53. The first kappa shape index (κ1) is 23.1. The Hall–Kier alpha value is -0.170. The third kappa shape index (κ3) is 7.30. The summed E-state index contributed by atoms with van der Waals surface area (Å²) in [5, 5.41) is 6.58. The fraction of sp³-hybridized carbons (Fsp3) is 0.941. The Labute approximate surface area is 179 Å². The number of fused-ring (bicyclic) bond motifs is 2. The molecule has 0 saturated carbocycles. The molecule has 0 radical (unpaired) electrons. The van der Waals surface area contributed by atoms with Crippen LogP contribution in [0.4, 0.5) is 0 Å². The van der Waals surface area contributed by atoms with Gasteiger partial charge in [-0.05, 0) is 45.4 Å². The number of sulfonamides is 1. The van der Waals surface area contributed by atoms with Crippen molar-refractivity contribution in [2.75, 3.05) is 32.0 Å². The van der Waals surface area contributed by atoms with Gasteiger partial charge in [-0.2, -0.15) is 0 Å². The molecule has 3 saturated heterocycles. The molecule has 4 atom stereocenters. The molecule has 0 aromatic heterocycles. The van der Waals surface area contributed by atoms with E-state index in [-0.39, 0.29) is 54.5 Å². The molecule has 3 heterocycles. The van der Waals surface area contributed by atoms with Crippen LogP contribution >= 0.6 is 24.0 Å². The van der Waals surface area contributed by atoms with Gasteiger partial charge in [0.05, 0.1) is 36.7 Å². The van der Waals surface area contributed by atoms with E-state index in [0.717, 1.165) is 51.7 Å². The fourth-order valence-electron chi connectivity index (χ4n) is 3.82. The van der Waals surface area contributed by atoms with Crippen molar-refractivity contribution >= 4 is 40.0 Å². The monoisotopic (exact) mass is 516 g/mol. The number of nitrogens with zero attached hydrogens (tertiary/aromatic N) is 1. The first-order chi connectivity index (χ1) is 12.6. The average Bonchev–Trinajstić information content (AvgIpc) is 3.24. The van der Waals surface area contributed by atoms with E-state index in [4.69, 9.17) is 9.47 Å². The van der Waals surface area contributed by atoms with Crippen LogP contribution < -0.4 is 15.4 Å². The number of hydrogen-bond acceptors (Lipinski definition) is 5. The van der Waals surface area contributed by atoms with Gasteiger partial charge in [0.15, 0.2) is 5.96 Å². The number of rotatable bonds is 8. The van der Waals surface area contributed by atoms with Crippen LogP contribution in [0.3, 0.4) is 0 Å². The highest BCUT2D eigenvalue weighted by atomic mass is 127. The molecule has 27 heavy (non-hydrogen) atoms. The Morgan fingerprint density at radius 1 is 1.22 bits per heavy atom. The highest BCUT2D eigenvalue weighted by Gasteiger charge is 2.41. The van der Waals surface area contributed by atoms with Gasteiger partial charge in [0.1, 0.15) is 0 Å². The van der Waals surface area contributed by atoms with E-state index in [1.807, 2.05) is 6.92 Å². The third-order valence-electron chi connectivity index (χ3n) is 5.21. The Morgan fingerprint density at radius 2 is 2.07 bits per heavy atom. The number of halogens is 1. The molecule has 8 nitrogen and oxygen atoms in total. The summed E-state index contributed by atoms with van der Waals surface area (Å²) >= 11 is 0. The van der Waals surface area contributed by atoms with E-state index in [1.165, 1.54) is 0 Å². The van der Waals surface area contributed by atoms with Crippen molar-refractivity contribution in [3.8, 4) is 0 Å². The molecule has 0 amide bonds. The van der Waals surface area contributed by atoms with Crippen LogP contribution in [-0.2, 0) is 19.5 Å². The lowest BCUT2D eigenvalue weighted by Gasteiger charge is -2.23. The molecule has 3 aliphatic heterocycles. The third-order valence-corrected chi connectivity index (χ3v) is 6.53. The normalized spacial score (nSPS) is 30.8. The number of ether oxygens (including phenoxy) is 2. The molecule has 0 aromatic rings. The van der Waals surface area contributed by atoms with Crippen molar-refractivity contribution in [3.63, 3.8) is 0 Å². The Bertz CT molecular complexity index is 583. The molecule has 0 spiro atoms. The molecule has 3 N–H and O–H groups in total. The highest BCUT2D eigenvalue weighted by Crippen LogP contribution is 2.34. The molecule has 2 bridgehead atoms. The lowest BCUT2D eigenvalue weighted by atomic mass is 9.96. The van der Waals surface area contributed by atoms with Crippen molar-refractivity contribution in [3.05, 3.63) is 0 Å². The topological polar surface area (TPSA) is 101 Å². The van der Waals surface area contributed by atoms with Gasteiger partial charge >= 0.3 is 0 Å². The number of guanidine groups is 1. The smallest absolute Gasteiger partial charge is 0.213 e. The lowest BCUT2D eigenvalue weighted by Crippen LogP contribution is -2.47. The van der Waals surface area contributed by atoms with Gasteiger partial charge in [0.2, 0.25) is 10.0 Å². The van der Waals surface area contributed by atoms with Crippen LogP contribution in [0.1, 0.15) is 45.4 Å². The quantitative estimate of drug-likeness (QED) is 0.253. The molecule has 4 unspecified atom stereocenters.